The minimum atomic E-state index is -0.384. The Kier molecular flexibility index (Phi) is 7.31. The zero-order valence-electron chi connectivity index (χ0n) is 15.2. The van der Waals surface area contributed by atoms with Crippen molar-refractivity contribution in [2.24, 2.45) is 0 Å². The van der Waals surface area contributed by atoms with Gasteiger partial charge in [0.1, 0.15) is 0 Å². The molecule has 2 rings (SSSR count). The number of ether oxygens (including phenoxy) is 3. The number of hydrogen-bond donors (Lipinski definition) is 0. The van der Waals surface area contributed by atoms with Crippen LogP contribution in [0.3, 0.4) is 0 Å². The molecule has 2 aromatic rings. The summed E-state index contributed by atoms with van der Waals surface area (Å²) in [4.78, 5) is 26.9. The fourth-order valence-electron chi connectivity index (χ4n) is 2.37. The Bertz CT molecular complexity index is 768. The predicted molar refractivity (Wildman–Crippen MR) is 96.0 cm³/mol. The van der Waals surface area contributed by atoms with Gasteiger partial charge in [-0.1, -0.05) is 18.2 Å². The molecule has 0 unspecified atom stereocenters. The summed E-state index contributed by atoms with van der Waals surface area (Å²) in [7, 11) is 4.52. The van der Waals surface area contributed by atoms with Gasteiger partial charge in [-0.25, -0.2) is 0 Å². The molecule has 0 radical (unpaired) electrons. The molecule has 0 aliphatic heterocycles. The number of hydrogen-bond acceptors (Lipinski definition) is 6. The van der Waals surface area contributed by atoms with Crippen LogP contribution in [-0.4, -0.2) is 68.2 Å². The second-order valence-corrected chi connectivity index (χ2v) is 5.42. The van der Waals surface area contributed by atoms with Crippen LogP contribution in [-0.2, 0) is 9.47 Å². The van der Waals surface area contributed by atoms with Gasteiger partial charge in [0.25, 0.3) is 11.5 Å². The Balaban J connectivity index is 2.44. The van der Waals surface area contributed by atoms with Gasteiger partial charge in [-0.2, -0.15) is 9.78 Å². The van der Waals surface area contributed by atoms with E-state index in [9.17, 15) is 9.59 Å². The van der Waals surface area contributed by atoms with Crippen molar-refractivity contribution in [1.29, 1.82) is 0 Å². The van der Waals surface area contributed by atoms with Crippen LogP contribution in [0.1, 0.15) is 10.5 Å². The third-order valence-electron chi connectivity index (χ3n) is 3.74. The van der Waals surface area contributed by atoms with Crippen molar-refractivity contribution in [2.75, 3.05) is 47.6 Å². The van der Waals surface area contributed by atoms with E-state index in [1.165, 1.54) is 17.9 Å². The molecule has 1 aromatic heterocycles. The van der Waals surface area contributed by atoms with Gasteiger partial charge in [0.2, 0.25) is 0 Å². The maximum atomic E-state index is 13.0. The lowest BCUT2D eigenvalue weighted by molar-refractivity contribution is 0.0616. The van der Waals surface area contributed by atoms with E-state index in [4.69, 9.17) is 14.2 Å². The van der Waals surface area contributed by atoms with E-state index in [0.717, 1.165) is 0 Å². The first-order valence-corrected chi connectivity index (χ1v) is 8.13. The van der Waals surface area contributed by atoms with Crippen LogP contribution in [0, 0.1) is 0 Å². The number of methoxy groups -OCH3 is 3. The van der Waals surface area contributed by atoms with E-state index in [1.54, 1.807) is 43.4 Å². The molecule has 0 saturated carbocycles. The van der Waals surface area contributed by atoms with Gasteiger partial charge in [0.05, 0.1) is 32.1 Å². The van der Waals surface area contributed by atoms with Crippen molar-refractivity contribution >= 4 is 5.91 Å². The van der Waals surface area contributed by atoms with Crippen molar-refractivity contribution in [2.45, 2.75) is 0 Å². The fraction of sp³-hybridized carbons (Fsp3) is 0.389. The number of nitrogens with zero attached hydrogens (tertiary/aromatic N) is 3. The predicted octanol–water partition coefficient (Wildman–Crippen LogP) is 0.976. The highest BCUT2D eigenvalue weighted by Gasteiger charge is 2.23. The molecule has 26 heavy (non-hydrogen) atoms. The largest absolute Gasteiger partial charge is 0.494 e. The number of amides is 1. The molecule has 0 saturated heterocycles. The molecule has 0 N–H and O–H groups in total. The monoisotopic (exact) mass is 361 g/mol. The second kappa shape index (κ2) is 9.69. The van der Waals surface area contributed by atoms with Crippen molar-refractivity contribution in [3.05, 3.63) is 52.4 Å². The Morgan fingerprint density at radius 1 is 1.08 bits per heavy atom. The number of para-hydroxylation sites is 1. The quantitative estimate of drug-likeness (QED) is 0.662. The summed E-state index contributed by atoms with van der Waals surface area (Å²) in [6, 6.07) is 10.2. The van der Waals surface area contributed by atoms with Crippen LogP contribution in [0.2, 0.25) is 0 Å². The molecule has 0 aliphatic carbocycles. The molecule has 1 aromatic carbocycles. The average molecular weight is 361 g/mol. The van der Waals surface area contributed by atoms with Crippen molar-refractivity contribution in [3.8, 4) is 11.4 Å². The van der Waals surface area contributed by atoms with Crippen LogP contribution in [0.25, 0.3) is 5.69 Å². The van der Waals surface area contributed by atoms with Crippen LogP contribution in [0.4, 0.5) is 0 Å². The Hall–Kier alpha value is -2.71. The lowest BCUT2D eigenvalue weighted by Gasteiger charge is -2.22. The first-order valence-electron chi connectivity index (χ1n) is 8.13. The highest BCUT2D eigenvalue weighted by Crippen LogP contribution is 2.16. The molecule has 0 bridgehead atoms. The molecule has 0 atom stereocenters. The minimum absolute atomic E-state index is 0.0585. The molecule has 8 heteroatoms. The van der Waals surface area contributed by atoms with E-state index >= 15 is 0 Å². The molecular weight excluding hydrogens is 338 g/mol. The Labute approximate surface area is 151 Å². The van der Waals surface area contributed by atoms with E-state index < -0.39 is 0 Å². The van der Waals surface area contributed by atoms with Crippen LogP contribution < -0.4 is 10.3 Å². The van der Waals surface area contributed by atoms with E-state index in [-0.39, 0.29) is 22.9 Å². The van der Waals surface area contributed by atoms with Gasteiger partial charge in [0, 0.05) is 27.3 Å². The third-order valence-corrected chi connectivity index (χ3v) is 3.74. The lowest BCUT2D eigenvalue weighted by atomic mass is 10.3. The van der Waals surface area contributed by atoms with E-state index in [2.05, 4.69) is 5.10 Å². The van der Waals surface area contributed by atoms with E-state index in [1.807, 2.05) is 6.07 Å². The summed E-state index contributed by atoms with van der Waals surface area (Å²) in [5.74, 6) is -0.229. The molecular formula is C18H23N3O5. The molecule has 1 heterocycles. The number of aromatic nitrogens is 2. The summed E-state index contributed by atoms with van der Waals surface area (Å²) < 4.78 is 16.5. The lowest BCUT2D eigenvalue weighted by Crippen LogP contribution is -2.38. The Morgan fingerprint density at radius 3 is 2.23 bits per heavy atom. The minimum Gasteiger partial charge on any atom is -0.494 e. The van der Waals surface area contributed by atoms with Gasteiger partial charge in [-0.15, -0.1) is 0 Å². The molecule has 8 nitrogen and oxygen atoms in total. The third kappa shape index (κ3) is 4.68. The van der Waals surface area contributed by atoms with Crippen LogP contribution in [0.15, 0.2) is 41.2 Å². The van der Waals surface area contributed by atoms with Crippen LogP contribution >= 0.6 is 0 Å². The number of carbonyl (C=O) groups is 1. The molecule has 1 amide bonds. The van der Waals surface area contributed by atoms with Crippen molar-refractivity contribution < 1.29 is 19.0 Å². The highest BCUT2D eigenvalue weighted by molar-refractivity contribution is 5.94. The zero-order valence-corrected chi connectivity index (χ0v) is 15.2. The normalized spacial score (nSPS) is 10.6. The van der Waals surface area contributed by atoms with Crippen LogP contribution in [0.5, 0.6) is 5.75 Å². The van der Waals surface area contributed by atoms with Gasteiger partial charge >= 0.3 is 0 Å². The first kappa shape index (κ1) is 19.6. The summed E-state index contributed by atoms with van der Waals surface area (Å²) in [6.07, 6.45) is 0. The number of rotatable bonds is 9. The number of benzene rings is 1. The summed E-state index contributed by atoms with van der Waals surface area (Å²) in [6.45, 7) is 1.48. The fourth-order valence-corrected chi connectivity index (χ4v) is 2.37. The highest BCUT2D eigenvalue weighted by atomic mass is 16.5. The summed E-state index contributed by atoms with van der Waals surface area (Å²) in [5.41, 5.74) is 0.239. The molecule has 140 valence electrons. The maximum Gasteiger partial charge on any atom is 0.278 e. The van der Waals surface area contributed by atoms with Crippen molar-refractivity contribution in [3.63, 3.8) is 0 Å². The SMILES string of the molecule is COCCN(CCOC)C(=O)c1nn(-c2ccccc2)c(=O)cc1OC. The van der Waals surface area contributed by atoms with Gasteiger partial charge in [-0.05, 0) is 12.1 Å². The Morgan fingerprint density at radius 2 is 1.69 bits per heavy atom. The summed E-state index contributed by atoms with van der Waals surface area (Å²) >= 11 is 0. The molecule has 0 fully saturated rings. The molecule has 0 aliphatic rings. The smallest absolute Gasteiger partial charge is 0.278 e. The molecule has 0 spiro atoms. The van der Waals surface area contributed by atoms with Gasteiger partial charge < -0.3 is 19.1 Å². The second-order valence-electron chi connectivity index (χ2n) is 5.42. The summed E-state index contributed by atoms with van der Waals surface area (Å²) in [5, 5.41) is 4.26. The van der Waals surface area contributed by atoms with Crippen molar-refractivity contribution in [1.82, 2.24) is 14.7 Å². The average Bonchev–Trinajstić information content (AvgIpc) is 2.68. The maximum absolute atomic E-state index is 13.0. The van der Waals surface area contributed by atoms with Gasteiger partial charge in [0.15, 0.2) is 11.4 Å². The number of carbonyl (C=O) groups excluding carboxylic acids is 1. The zero-order chi connectivity index (χ0) is 18.9. The van der Waals surface area contributed by atoms with E-state index in [0.29, 0.717) is 32.0 Å². The first-order chi connectivity index (χ1) is 12.6. The standard InChI is InChI=1S/C18H23N3O5/c1-24-11-9-20(10-12-25-2)18(23)17-15(26-3)13-16(22)21(19-17)14-7-5-4-6-8-14/h4-8,13H,9-12H2,1-3H3. The van der Waals surface area contributed by atoms with Gasteiger partial charge in [-0.3, -0.25) is 9.59 Å². The topological polar surface area (TPSA) is 82.9 Å².